The second-order valence-electron chi connectivity index (χ2n) is 5.33. The summed E-state index contributed by atoms with van der Waals surface area (Å²) in [5.74, 6) is -1.26. The summed E-state index contributed by atoms with van der Waals surface area (Å²) >= 11 is 0. The summed E-state index contributed by atoms with van der Waals surface area (Å²) in [5.41, 5.74) is -1.09. The molecule has 1 saturated heterocycles. The monoisotopic (exact) mass is 300 g/mol. The van der Waals surface area contributed by atoms with Gasteiger partial charge in [0.25, 0.3) is 0 Å². The van der Waals surface area contributed by atoms with Gasteiger partial charge in [-0.1, -0.05) is 6.92 Å². The van der Waals surface area contributed by atoms with Crippen molar-refractivity contribution in [1.82, 2.24) is 9.80 Å². The number of esters is 1. The van der Waals surface area contributed by atoms with Crippen molar-refractivity contribution >= 4 is 18.0 Å². The highest BCUT2D eigenvalue weighted by molar-refractivity contribution is 5.87. The van der Waals surface area contributed by atoms with Gasteiger partial charge in [-0.05, 0) is 25.7 Å². The van der Waals surface area contributed by atoms with Crippen LogP contribution in [0.5, 0.6) is 0 Å². The van der Waals surface area contributed by atoms with Gasteiger partial charge in [-0.25, -0.2) is 9.59 Å². The van der Waals surface area contributed by atoms with Crippen LogP contribution in [0.4, 0.5) is 4.79 Å². The molecular formula is C14H24N2O5. The minimum absolute atomic E-state index is 0.242. The second kappa shape index (κ2) is 7.28. The molecular weight excluding hydrogens is 276 g/mol. The fraction of sp³-hybridized carbons (Fsp3) is 0.786. The molecule has 0 aromatic heterocycles. The highest BCUT2D eigenvalue weighted by Crippen LogP contribution is 2.33. The number of carbonyl (C=O) groups is 3. The Morgan fingerprint density at radius 1 is 1.38 bits per heavy atom. The second-order valence-corrected chi connectivity index (χ2v) is 5.33. The first-order chi connectivity index (χ1) is 9.89. The molecule has 2 amide bonds. The normalized spacial score (nSPS) is 21.2. The van der Waals surface area contributed by atoms with E-state index in [0.29, 0.717) is 38.8 Å². The van der Waals surface area contributed by atoms with Gasteiger partial charge in [0.15, 0.2) is 0 Å². The van der Waals surface area contributed by atoms with Gasteiger partial charge in [0.1, 0.15) is 5.54 Å². The smallest absolute Gasteiger partial charge is 0.329 e. The van der Waals surface area contributed by atoms with E-state index < -0.39 is 11.5 Å². The van der Waals surface area contributed by atoms with Gasteiger partial charge < -0.3 is 19.6 Å². The summed E-state index contributed by atoms with van der Waals surface area (Å²) in [6.07, 6.45) is 2.31. The van der Waals surface area contributed by atoms with E-state index >= 15 is 0 Å². The molecule has 1 fully saturated rings. The van der Waals surface area contributed by atoms with Crippen molar-refractivity contribution in [2.24, 2.45) is 0 Å². The molecule has 0 radical (unpaired) electrons. The van der Waals surface area contributed by atoms with E-state index in [1.807, 2.05) is 0 Å². The Morgan fingerprint density at radius 3 is 2.57 bits per heavy atom. The molecule has 1 rings (SSSR count). The Morgan fingerprint density at radius 2 is 2.05 bits per heavy atom. The maximum Gasteiger partial charge on any atom is 0.329 e. The van der Waals surface area contributed by atoms with Gasteiger partial charge in [-0.15, -0.1) is 0 Å². The first-order valence-electron chi connectivity index (χ1n) is 7.22. The summed E-state index contributed by atoms with van der Waals surface area (Å²) in [7, 11) is 2.95. The minimum atomic E-state index is -1.09. The van der Waals surface area contributed by atoms with Crippen LogP contribution in [0.1, 0.15) is 39.0 Å². The Balaban J connectivity index is 2.64. The molecule has 21 heavy (non-hydrogen) atoms. The number of ether oxygens (including phenoxy) is 1. The number of rotatable bonds is 6. The maximum atomic E-state index is 12.4. The van der Waals surface area contributed by atoms with E-state index in [-0.39, 0.29) is 18.4 Å². The molecule has 7 nitrogen and oxygen atoms in total. The number of amides is 2. The molecule has 0 aromatic carbocycles. The molecule has 1 atom stereocenters. The van der Waals surface area contributed by atoms with Crippen molar-refractivity contribution in [2.45, 2.75) is 44.6 Å². The van der Waals surface area contributed by atoms with Crippen molar-refractivity contribution in [3.8, 4) is 0 Å². The quantitative estimate of drug-likeness (QED) is 0.748. The lowest BCUT2D eigenvalue weighted by Gasteiger charge is -2.36. The molecule has 7 heteroatoms. The lowest BCUT2D eigenvalue weighted by molar-refractivity contribution is -0.148. The molecule has 120 valence electrons. The third kappa shape index (κ3) is 3.65. The predicted molar refractivity (Wildman–Crippen MR) is 75.9 cm³/mol. The largest absolute Gasteiger partial charge is 0.479 e. The lowest BCUT2D eigenvalue weighted by Crippen LogP contribution is -2.56. The molecule has 0 bridgehead atoms. The molecule has 0 aromatic rings. The summed E-state index contributed by atoms with van der Waals surface area (Å²) in [5, 5.41) is 9.47. The first kappa shape index (κ1) is 17.3. The third-order valence-corrected chi connectivity index (χ3v) is 4.13. The van der Waals surface area contributed by atoms with Crippen LogP contribution in [0, 0.1) is 0 Å². The van der Waals surface area contributed by atoms with Gasteiger partial charge in [0.2, 0.25) is 0 Å². The average molecular weight is 300 g/mol. The van der Waals surface area contributed by atoms with Gasteiger partial charge in [-0.2, -0.15) is 0 Å². The van der Waals surface area contributed by atoms with Crippen molar-refractivity contribution in [3.63, 3.8) is 0 Å². The summed E-state index contributed by atoms with van der Waals surface area (Å²) < 4.78 is 4.54. The van der Waals surface area contributed by atoms with E-state index in [0.717, 1.165) is 0 Å². The van der Waals surface area contributed by atoms with Crippen LogP contribution in [-0.4, -0.2) is 65.7 Å². The number of methoxy groups -OCH3 is 1. The Bertz CT molecular complexity index is 412. The van der Waals surface area contributed by atoms with Crippen molar-refractivity contribution in [1.29, 1.82) is 0 Å². The molecule has 1 heterocycles. The minimum Gasteiger partial charge on any atom is -0.479 e. The van der Waals surface area contributed by atoms with Crippen molar-refractivity contribution < 1.29 is 24.2 Å². The molecule has 1 aliphatic rings. The van der Waals surface area contributed by atoms with Crippen LogP contribution < -0.4 is 0 Å². The molecule has 1 N–H and O–H groups in total. The lowest BCUT2D eigenvalue weighted by atomic mass is 9.93. The summed E-state index contributed by atoms with van der Waals surface area (Å²) in [4.78, 5) is 38.0. The summed E-state index contributed by atoms with van der Waals surface area (Å²) in [6, 6.07) is -0.290. The van der Waals surface area contributed by atoms with Crippen LogP contribution in [0.3, 0.4) is 0 Å². The van der Waals surface area contributed by atoms with E-state index in [1.54, 1.807) is 14.0 Å². The third-order valence-electron chi connectivity index (χ3n) is 4.13. The number of nitrogens with zero attached hydrogens (tertiary/aromatic N) is 2. The van der Waals surface area contributed by atoms with Crippen LogP contribution in [0.15, 0.2) is 0 Å². The standard InChI is InChI=1S/C14H24N2O5/c1-4-14(12(18)19)8-6-10-16(14)13(20)15(2)9-5-7-11(17)21-3/h4-10H2,1-3H3,(H,18,19). The highest BCUT2D eigenvalue weighted by atomic mass is 16.5. The maximum absolute atomic E-state index is 12.4. The summed E-state index contributed by atoms with van der Waals surface area (Å²) in [6.45, 7) is 2.64. The molecule has 1 aliphatic heterocycles. The Kier molecular flexibility index (Phi) is 5.99. The van der Waals surface area contributed by atoms with Gasteiger partial charge >= 0.3 is 18.0 Å². The van der Waals surface area contributed by atoms with E-state index in [4.69, 9.17) is 0 Å². The van der Waals surface area contributed by atoms with Crippen LogP contribution >= 0.6 is 0 Å². The Labute approximate surface area is 124 Å². The topological polar surface area (TPSA) is 87.2 Å². The molecule has 0 spiro atoms. The Hall–Kier alpha value is -1.79. The van der Waals surface area contributed by atoms with E-state index in [2.05, 4.69) is 4.74 Å². The number of carboxylic acids is 1. The van der Waals surface area contributed by atoms with Crippen LogP contribution in [-0.2, 0) is 14.3 Å². The number of carboxylic acid groups (broad SMARTS) is 1. The number of aliphatic carboxylic acids is 1. The van der Waals surface area contributed by atoms with Crippen LogP contribution in [0.25, 0.3) is 0 Å². The number of urea groups is 1. The van der Waals surface area contributed by atoms with E-state index in [1.165, 1.54) is 16.9 Å². The zero-order valence-corrected chi connectivity index (χ0v) is 12.9. The first-order valence-corrected chi connectivity index (χ1v) is 7.22. The number of hydrogen-bond donors (Lipinski definition) is 1. The molecule has 0 saturated carbocycles. The van der Waals surface area contributed by atoms with Gasteiger partial charge in [0, 0.05) is 26.6 Å². The number of hydrogen-bond acceptors (Lipinski definition) is 4. The van der Waals surface area contributed by atoms with E-state index in [9.17, 15) is 19.5 Å². The van der Waals surface area contributed by atoms with Crippen molar-refractivity contribution in [2.75, 3.05) is 27.2 Å². The fourth-order valence-electron chi connectivity index (χ4n) is 2.76. The fourth-order valence-corrected chi connectivity index (χ4v) is 2.76. The zero-order valence-electron chi connectivity index (χ0n) is 12.9. The molecule has 0 aliphatic carbocycles. The van der Waals surface area contributed by atoms with Gasteiger partial charge in [0.05, 0.1) is 7.11 Å². The average Bonchev–Trinajstić information content (AvgIpc) is 2.91. The predicted octanol–water partition coefficient (Wildman–Crippen LogP) is 1.32. The van der Waals surface area contributed by atoms with Crippen LogP contribution in [0.2, 0.25) is 0 Å². The highest BCUT2D eigenvalue weighted by Gasteiger charge is 2.49. The number of carbonyl (C=O) groups excluding carboxylic acids is 2. The number of likely N-dealkylation sites (tertiary alicyclic amines) is 1. The zero-order chi connectivity index (χ0) is 16.0. The van der Waals surface area contributed by atoms with Gasteiger partial charge in [-0.3, -0.25) is 4.79 Å². The van der Waals surface area contributed by atoms with Crippen molar-refractivity contribution in [3.05, 3.63) is 0 Å². The SMILES string of the molecule is CCC1(C(=O)O)CCCN1C(=O)N(C)CCCC(=O)OC. The molecule has 1 unspecified atom stereocenters.